The minimum atomic E-state index is -0.749. The Labute approximate surface area is 484 Å². The van der Waals surface area contributed by atoms with Crippen LogP contribution in [-0.4, -0.2) is 128 Å². The highest BCUT2D eigenvalue weighted by Crippen LogP contribution is 2.55. The molecule has 5 aliphatic rings. The van der Waals surface area contributed by atoms with E-state index in [9.17, 15) is 14.7 Å². The van der Waals surface area contributed by atoms with E-state index >= 15 is 4.39 Å². The van der Waals surface area contributed by atoms with Crippen LogP contribution in [0.2, 0.25) is 5.02 Å². The summed E-state index contributed by atoms with van der Waals surface area (Å²) in [6, 6.07) is 16.8. The highest BCUT2D eigenvalue weighted by atomic mass is 35.5. The number of hydrazine groups is 1. The number of nitrogens with one attached hydrogen (secondary N) is 3. The van der Waals surface area contributed by atoms with E-state index in [0.717, 1.165) is 71.5 Å². The Bertz CT molecular complexity index is 3500. The molecule has 19 nitrogen and oxygen atoms in total. The molecule has 0 radical (unpaired) electrons. The van der Waals surface area contributed by atoms with Crippen molar-refractivity contribution in [2.75, 3.05) is 37.8 Å². The quantitative estimate of drug-likeness (QED) is 0.0302. The predicted molar refractivity (Wildman–Crippen MR) is 315 cm³/mol. The van der Waals surface area contributed by atoms with Crippen LogP contribution in [0.15, 0.2) is 72.5 Å². The van der Waals surface area contributed by atoms with Crippen molar-refractivity contribution in [2.24, 2.45) is 17.5 Å². The third-order valence-corrected chi connectivity index (χ3v) is 18.1. The monoisotopic (exact) mass is 1160 g/mol. The maximum absolute atomic E-state index is 15.8. The van der Waals surface area contributed by atoms with Gasteiger partial charge in [0.15, 0.2) is 11.5 Å². The number of amides is 2. The van der Waals surface area contributed by atoms with Crippen LogP contribution in [-0.2, 0) is 20.9 Å². The second-order valence-electron chi connectivity index (χ2n) is 22.3. The molecule has 7 atom stereocenters. The molecule has 22 heteroatoms. The van der Waals surface area contributed by atoms with E-state index in [1.807, 2.05) is 61.0 Å². The van der Waals surface area contributed by atoms with Gasteiger partial charge in [0, 0.05) is 66.8 Å². The summed E-state index contributed by atoms with van der Waals surface area (Å²) in [6.45, 7) is 14.8. The van der Waals surface area contributed by atoms with Crippen LogP contribution in [0.25, 0.3) is 49.1 Å². The minimum Gasteiger partial charge on any atom is -0.489 e. The Morgan fingerprint density at radius 2 is 1.84 bits per heavy atom. The Morgan fingerprint density at radius 3 is 2.55 bits per heavy atom. The molecule has 4 aromatic carbocycles. The van der Waals surface area contributed by atoms with E-state index in [2.05, 4.69) is 51.5 Å². The number of aliphatic hydroxyl groups is 1. The molecular formula is C60H70ClFN12O7S. The average molecular weight is 1160 g/mol. The van der Waals surface area contributed by atoms with Crippen LogP contribution in [0.1, 0.15) is 93.8 Å². The fraction of sp³-hybridized carbons (Fsp3) is 0.433. The fourth-order valence-corrected chi connectivity index (χ4v) is 13.0. The summed E-state index contributed by atoms with van der Waals surface area (Å²) >= 11 is 9.12. The van der Waals surface area contributed by atoms with Crippen LogP contribution >= 0.6 is 22.9 Å². The van der Waals surface area contributed by atoms with Gasteiger partial charge in [-0.15, -0.1) is 11.3 Å². The van der Waals surface area contributed by atoms with Crippen LogP contribution in [0.4, 0.5) is 10.2 Å². The lowest BCUT2D eigenvalue weighted by Crippen LogP contribution is -2.53. The van der Waals surface area contributed by atoms with Gasteiger partial charge < -0.3 is 55.2 Å². The van der Waals surface area contributed by atoms with Crippen LogP contribution < -0.4 is 41.3 Å². The Kier molecular flexibility index (Phi) is 16.6. The van der Waals surface area contributed by atoms with Gasteiger partial charge in [0.05, 0.1) is 75.3 Å². The van der Waals surface area contributed by atoms with Gasteiger partial charge in [-0.2, -0.15) is 15.1 Å². The third-order valence-electron chi connectivity index (χ3n) is 16.8. The number of aromatic nitrogens is 5. The van der Waals surface area contributed by atoms with Gasteiger partial charge in [-0.3, -0.25) is 14.7 Å². The number of fused-ring (bicyclic) bond motifs is 7. The maximum atomic E-state index is 15.8. The van der Waals surface area contributed by atoms with Gasteiger partial charge in [0.1, 0.15) is 42.5 Å². The van der Waals surface area contributed by atoms with E-state index in [0.29, 0.717) is 100 Å². The number of rotatable bonds is 16. The third kappa shape index (κ3) is 11.1. The largest absolute Gasteiger partial charge is 0.489 e. The van der Waals surface area contributed by atoms with Crippen LogP contribution in [0.5, 0.6) is 17.5 Å². The molecule has 0 spiro atoms. The molecule has 0 aliphatic carbocycles. The number of nitrogens with zero attached hydrogens (tertiary/aromatic N) is 7. The number of piperazine rings is 1. The molecule has 432 valence electrons. The molecule has 4 fully saturated rings. The molecule has 12 rings (SSSR count). The summed E-state index contributed by atoms with van der Waals surface area (Å²) in [5.41, 5.74) is 15.8. The molecular weight excluding hydrogens is 1090 g/mol. The van der Waals surface area contributed by atoms with Crippen molar-refractivity contribution in [3.8, 4) is 39.1 Å². The summed E-state index contributed by atoms with van der Waals surface area (Å²) in [5, 5.41) is 27.2. The lowest BCUT2D eigenvalue weighted by Gasteiger charge is -2.35. The van der Waals surface area contributed by atoms with Crippen LogP contribution in [0, 0.1) is 25.6 Å². The summed E-state index contributed by atoms with van der Waals surface area (Å²) in [6.07, 6.45) is 7.17. The van der Waals surface area contributed by atoms with E-state index in [4.69, 9.17) is 52.1 Å². The summed E-state index contributed by atoms with van der Waals surface area (Å²) in [4.78, 5) is 43.1. The van der Waals surface area contributed by atoms with Crippen molar-refractivity contribution < 1.29 is 38.0 Å². The topological polar surface area (TPSA) is 244 Å². The Hall–Kier alpha value is -7.14. The van der Waals surface area contributed by atoms with Gasteiger partial charge in [0.2, 0.25) is 12.3 Å². The van der Waals surface area contributed by atoms with E-state index in [-0.39, 0.29) is 53.8 Å². The molecule has 2 amide bonds. The van der Waals surface area contributed by atoms with Gasteiger partial charge in [-0.05, 0) is 86.8 Å². The molecule has 7 aromatic rings. The number of likely N-dealkylation sites (tertiary alicyclic amines) is 1. The molecule has 0 saturated carbocycles. The summed E-state index contributed by atoms with van der Waals surface area (Å²) in [7, 11) is 0. The Balaban J connectivity index is 0.000000227. The number of hydrogen-bond donors (Lipinski definition) is 6. The first-order valence-electron chi connectivity index (χ1n) is 28.1. The number of aliphatic hydroxyl groups excluding tert-OH is 1. The number of halogens is 2. The number of aromatic amines is 1. The smallest absolute Gasteiger partial charge is 0.319 e. The lowest BCUT2D eigenvalue weighted by atomic mass is 9.93. The number of carbonyl (C=O) groups is 2. The van der Waals surface area contributed by atoms with Crippen molar-refractivity contribution in [3.63, 3.8) is 0 Å². The average Bonchev–Trinajstić information content (AvgIpc) is 3.05. The zero-order valence-corrected chi connectivity index (χ0v) is 48.4. The van der Waals surface area contributed by atoms with E-state index < -0.39 is 24.0 Å². The minimum absolute atomic E-state index is 0.00971. The summed E-state index contributed by atoms with van der Waals surface area (Å²) in [5.74, 6) is 7.50. The number of aryl methyl sites for hydroxylation is 1. The Morgan fingerprint density at radius 1 is 1.07 bits per heavy atom. The molecule has 5 aliphatic heterocycles. The first kappa shape index (κ1) is 56.7. The molecule has 82 heavy (non-hydrogen) atoms. The van der Waals surface area contributed by atoms with Crippen molar-refractivity contribution in [3.05, 3.63) is 111 Å². The molecule has 7 unspecified atom stereocenters. The first-order chi connectivity index (χ1) is 39.6. The van der Waals surface area contributed by atoms with Crippen LogP contribution in [0.3, 0.4) is 0 Å². The van der Waals surface area contributed by atoms with Crippen molar-refractivity contribution in [2.45, 2.75) is 129 Å². The van der Waals surface area contributed by atoms with Crippen molar-refractivity contribution in [1.82, 2.24) is 45.7 Å². The highest BCUT2D eigenvalue weighted by molar-refractivity contribution is 7.13. The zero-order valence-electron chi connectivity index (χ0n) is 46.8. The van der Waals surface area contributed by atoms with E-state index in [1.54, 1.807) is 42.6 Å². The first-order valence-corrected chi connectivity index (χ1v) is 29.3. The lowest BCUT2D eigenvalue weighted by molar-refractivity contribution is -0.132. The summed E-state index contributed by atoms with van der Waals surface area (Å²) < 4.78 is 41.5. The molecule has 8 heterocycles. The molecule has 4 saturated heterocycles. The second-order valence-corrected chi connectivity index (χ2v) is 23.6. The number of thiazole rings is 1. The number of benzene rings is 4. The standard InChI is InChI=1S/C41H47ClFN9O4.C19H23N3O3S/c1-20(2)22(4)51(45)17-29(44)24-7-5-23(6-8-24)18-54-39-34(33-21(3)28(43)14-30-27(33)16-47-50-30)36(42)38-35-37(39)48-41(56-26-9-11-53-12-10-26)49-40(35)52-25-13-31(46-15-25)32(52)19-55-38;1-12-18(26-10-20-12)15-7-5-14(6-8-15)17(13(2)24)21-19(25)16-4-3-9-22(16)11-23/h5-8,14,16-17,20,22,25-26,31-32,46H,9-13,15,18-19,44-45H2,1-4H3,(H,47,50);5-8,10-11,13,16-17,24H,3-4,9H2,1-2H3,(H,21,25)/b29-17-;. The van der Waals surface area contributed by atoms with Gasteiger partial charge in [0.25, 0.3) is 0 Å². The number of anilines is 1. The second kappa shape index (κ2) is 24.0. The van der Waals surface area contributed by atoms with Gasteiger partial charge >= 0.3 is 6.01 Å². The number of ether oxygens (including phenoxy) is 4. The SMILES string of the molecule is Cc1c(F)cc2[nH]ncc2c1-c1c(Cl)c2c3c(nc(OC4CCOCC4)nc3c1OCc1ccc(/C(N)=C/N(N)C(C)C(C)C)cc1)N1C3CNC(C3)C1CO2.Cc1ncsc1-c1ccc(C(NC(=O)C2CCCN2C=O)C(C)O)cc1. The molecule has 8 N–H and O–H groups in total. The highest BCUT2D eigenvalue weighted by Gasteiger charge is 2.50. The van der Waals surface area contributed by atoms with E-state index in [1.165, 1.54) is 11.0 Å². The molecule has 3 aromatic heterocycles. The number of hydrogen-bond acceptors (Lipinski definition) is 17. The number of carbonyl (C=O) groups excluding carboxylic acids is 2. The van der Waals surface area contributed by atoms with Gasteiger partial charge in [-0.25, -0.2) is 15.2 Å². The maximum Gasteiger partial charge on any atom is 0.319 e. The number of H-pyrrole nitrogens is 1. The fourth-order valence-electron chi connectivity index (χ4n) is 11.8. The normalized spacial score (nSPS) is 20.7. The van der Waals surface area contributed by atoms with Crippen molar-refractivity contribution in [1.29, 1.82) is 0 Å². The zero-order chi connectivity index (χ0) is 57.5. The van der Waals surface area contributed by atoms with Gasteiger partial charge in [-0.1, -0.05) is 74.0 Å². The molecule has 2 bridgehead atoms. The number of nitrogens with two attached hydrogens (primary N) is 2. The predicted octanol–water partition coefficient (Wildman–Crippen LogP) is 8.48. The van der Waals surface area contributed by atoms with Crippen molar-refractivity contribution >= 4 is 68.6 Å².